The minimum atomic E-state index is -0.175. The highest BCUT2D eigenvalue weighted by Gasteiger charge is 2.22. The van der Waals surface area contributed by atoms with Crippen molar-refractivity contribution in [3.05, 3.63) is 35.9 Å². The van der Waals surface area contributed by atoms with Gasteiger partial charge in [0.05, 0.1) is 0 Å². The molecule has 0 aromatic heterocycles. The van der Waals surface area contributed by atoms with Gasteiger partial charge in [0.25, 0.3) is 5.91 Å². The molecule has 0 bridgehead atoms. The first-order valence-corrected chi connectivity index (χ1v) is 6.39. The van der Waals surface area contributed by atoms with Crippen LogP contribution >= 0.6 is 0 Å². The van der Waals surface area contributed by atoms with Crippen LogP contribution in [0.4, 0.5) is 0 Å². The summed E-state index contributed by atoms with van der Waals surface area (Å²) in [6, 6.07) is 9.09. The molecule has 18 heavy (non-hydrogen) atoms. The molecule has 0 radical (unpaired) electrons. The van der Waals surface area contributed by atoms with Gasteiger partial charge in [-0.15, -0.1) is 0 Å². The maximum Gasteiger partial charge on any atom is 0.276 e. The summed E-state index contributed by atoms with van der Waals surface area (Å²) in [5, 5.41) is 12.3. The lowest BCUT2D eigenvalue weighted by Gasteiger charge is -2.20. The number of amides is 1. The Morgan fingerprint density at radius 3 is 2.22 bits per heavy atom. The molecule has 1 N–H and O–H groups in total. The SMILES string of the molecule is O=C(C(=NO)c1ccccc1)N1CCCCCC1. The average Bonchev–Trinajstić information content (AvgIpc) is 2.69. The van der Waals surface area contributed by atoms with Gasteiger partial charge in [-0.1, -0.05) is 48.3 Å². The molecule has 1 heterocycles. The van der Waals surface area contributed by atoms with Crippen LogP contribution in [0.1, 0.15) is 31.2 Å². The van der Waals surface area contributed by atoms with Crippen molar-refractivity contribution in [2.45, 2.75) is 25.7 Å². The first-order valence-electron chi connectivity index (χ1n) is 6.39. The molecular formula is C14H18N2O2. The number of likely N-dealkylation sites (tertiary alicyclic amines) is 1. The first kappa shape index (κ1) is 12.6. The fourth-order valence-corrected chi connectivity index (χ4v) is 2.24. The van der Waals surface area contributed by atoms with Gasteiger partial charge in [0, 0.05) is 18.7 Å². The second kappa shape index (κ2) is 6.19. The number of rotatable bonds is 2. The molecule has 1 aromatic carbocycles. The lowest BCUT2D eigenvalue weighted by Crippen LogP contribution is -2.37. The second-order valence-electron chi connectivity index (χ2n) is 4.52. The van der Waals surface area contributed by atoms with Gasteiger partial charge in [-0.05, 0) is 12.8 Å². The van der Waals surface area contributed by atoms with Crippen molar-refractivity contribution in [3.63, 3.8) is 0 Å². The molecule has 96 valence electrons. The number of hydrogen-bond acceptors (Lipinski definition) is 3. The third-order valence-electron chi connectivity index (χ3n) is 3.24. The van der Waals surface area contributed by atoms with Crippen molar-refractivity contribution < 1.29 is 10.0 Å². The van der Waals surface area contributed by atoms with E-state index < -0.39 is 0 Å². The van der Waals surface area contributed by atoms with E-state index in [2.05, 4.69) is 5.16 Å². The third kappa shape index (κ3) is 2.88. The van der Waals surface area contributed by atoms with Crippen molar-refractivity contribution >= 4 is 11.6 Å². The van der Waals surface area contributed by atoms with Crippen LogP contribution in [0.3, 0.4) is 0 Å². The molecule has 0 unspecified atom stereocenters. The topological polar surface area (TPSA) is 52.9 Å². The molecule has 0 saturated carbocycles. The molecule has 0 atom stereocenters. The predicted molar refractivity (Wildman–Crippen MR) is 69.8 cm³/mol. The fraction of sp³-hybridized carbons (Fsp3) is 0.429. The van der Waals surface area contributed by atoms with Crippen LogP contribution in [0.2, 0.25) is 0 Å². The Bertz CT molecular complexity index is 421. The van der Waals surface area contributed by atoms with Gasteiger partial charge in [-0.2, -0.15) is 0 Å². The minimum absolute atomic E-state index is 0.137. The Morgan fingerprint density at radius 2 is 1.67 bits per heavy atom. The van der Waals surface area contributed by atoms with E-state index in [0.29, 0.717) is 5.56 Å². The molecule has 1 aliphatic heterocycles. The molecule has 1 fully saturated rings. The smallest absolute Gasteiger partial charge is 0.276 e. The van der Waals surface area contributed by atoms with Gasteiger partial charge >= 0.3 is 0 Å². The van der Waals surface area contributed by atoms with Crippen LogP contribution in [0.5, 0.6) is 0 Å². The standard InChI is InChI=1S/C14H18N2O2/c17-14(16-10-6-1-2-7-11-16)13(15-18)12-8-4-3-5-9-12/h3-5,8-9,18H,1-2,6-7,10-11H2. The maximum absolute atomic E-state index is 12.3. The number of benzene rings is 1. The quantitative estimate of drug-likeness (QED) is 0.494. The summed E-state index contributed by atoms with van der Waals surface area (Å²) in [7, 11) is 0. The lowest BCUT2D eigenvalue weighted by molar-refractivity contribution is -0.124. The Labute approximate surface area is 107 Å². The third-order valence-corrected chi connectivity index (χ3v) is 3.24. The highest BCUT2D eigenvalue weighted by atomic mass is 16.4. The Balaban J connectivity index is 2.15. The monoisotopic (exact) mass is 246 g/mol. The van der Waals surface area contributed by atoms with E-state index in [1.54, 1.807) is 17.0 Å². The summed E-state index contributed by atoms with van der Waals surface area (Å²) in [4.78, 5) is 14.1. The normalized spacial score (nSPS) is 17.3. The molecular weight excluding hydrogens is 228 g/mol. The minimum Gasteiger partial charge on any atom is -0.410 e. The lowest BCUT2D eigenvalue weighted by atomic mass is 10.1. The Kier molecular flexibility index (Phi) is 4.34. The van der Waals surface area contributed by atoms with Crippen LogP contribution < -0.4 is 0 Å². The summed E-state index contributed by atoms with van der Waals surface area (Å²) in [6.45, 7) is 1.51. The van der Waals surface area contributed by atoms with E-state index >= 15 is 0 Å². The molecule has 4 heteroatoms. The largest absolute Gasteiger partial charge is 0.410 e. The first-order chi connectivity index (χ1) is 8.83. The van der Waals surface area contributed by atoms with Gasteiger partial charge in [0.2, 0.25) is 0 Å². The van der Waals surface area contributed by atoms with Crippen molar-refractivity contribution in [2.75, 3.05) is 13.1 Å². The average molecular weight is 246 g/mol. The van der Waals surface area contributed by atoms with Crippen LogP contribution in [0.15, 0.2) is 35.5 Å². The molecule has 0 spiro atoms. The number of oxime groups is 1. The van der Waals surface area contributed by atoms with Crippen LogP contribution in [-0.2, 0) is 4.79 Å². The summed E-state index contributed by atoms with van der Waals surface area (Å²) in [6.07, 6.45) is 4.39. The second-order valence-corrected chi connectivity index (χ2v) is 4.52. The zero-order chi connectivity index (χ0) is 12.8. The summed E-state index contributed by atoms with van der Waals surface area (Å²) >= 11 is 0. The molecule has 0 aliphatic carbocycles. The van der Waals surface area contributed by atoms with Crippen LogP contribution in [-0.4, -0.2) is 34.8 Å². The van der Waals surface area contributed by atoms with Crippen LogP contribution in [0, 0.1) is 0 Å². The van der Waals surface area contributed by atoms with Crippen molar-refractivity contribution in [2.24, 2.45) is 5.16 Å². The Morgan fingerprint density at radius 1 is 1.06 bits per heavy atom. The van der Waals surface area contributed by atoms with Crippen molar-refractivity contribution in [3.8, 4) is 0 Å². The number of nitrogens with zero attached hydrogens (tertiary/aromatic N) is 2. The molecule has 1 aromatic rings. The molecule has 1 amide bonds. The number of carbonyl (C=O) groups excluding carboxylic acids is 1. The maximum atomic E-state index is 12.3. The molecule has 1 aliphatic rings. The van der Waals surface area contributed by atoms with Gasteiger partial charge in [0.15, 0.2) is 5.71 Å². The van der Waals surface area contributed by atoms with Gasteiger partial charge in [-0.25, -0.2) is 0 Å². The zero-order valence-corrected chi connectivity index (χ0v) is 10.4. The zero-order valence-electron chi connectivity index (χ0n) is 10.4. The fourth-order valence-electron chi connectivity index (χ4n) is 2.24. The van der Waals surface area contributed by atoms with Crippen molar-refractivity contribution in [1.29, 1.82) is 0 Å². The van der Waals surface area contributed by atoms with Crippen molar-refractivity contribution in [1.82, 2.24) is 4.90 Å². The van der Waals surface area contributed by atoms with E-state index in [-0.39, 0.29) is 11.6 Å². The molecule has 2 rings (SSSR count). The van der Waals surface area contributed by atoms with E-state index in [4.69, 9.17) is 5.21 Å². The summed E-state index contributed by atoms with van der Waals surface area (Å²) in [5.41, 5.74) is 0.798. The predicted octanol–water partition coefficient (Wildman–Crippen LogP) is 2.27. The van der Waals surface area contributed by atoms with Gasteiger partial charge in [-0.3, -0.25) is 4.79 Å². The van der Waals surface area contributed by atoms with E-state index in [0.717, 1.165) is 25.9 Å². The highest BCUT2D eigenvalue weighted by Crippen LogP contribution is 2.12. The van der Waals surface area contributed by atoms with E-state index in [1.807, 2.05) is 18.2 Å². The number of carbonyl (C=O) groups is 1. The van der Waals surface area contributed by atoms with Gasteiger partial charge < -0.3 is 10.1 Å². The highest BCUT2D eigenvalue weighted by molar-refractivity contribution is 6.45. The van der Waals surface area contributed by atoms with Crippen LogP contribution in [0.25, 0.3) is 0 Å². The molecule has 4 nitrogen and oxygen atoms in total. The Hall–Kier alpha value is -1.84. The summed E-state index contributed by atoms with van der Waals surface area (Å²) < 4.78 is 0. The van der Waals surface area contributed by atoms with Gasteiger partial charge in [0.1, 0.15) is 0 Å². The molecule has 1 saturated heterocycles. The summed E-state index contributed by atoms with van der Waals surface area (Å²) in [5.74, 6) is -0.175. The van der Waals surface area contributed by atoms with E-state index in [9.17, 15) is 4.79 Å². The van der Waals surface area contributed by atoms with E-state index in [1.165, 1.54) is 12.8 Å². The number of hydrogen-bond donors (Lipinski definition) is 1.